The molecule has 0 aliphatic rings. The Hall–Kier alpha value is -1.96. The summed E-state index contributed by atoms with van der Waals surface area (Å²) in [4.78, 5) is 3.88. The van der Waals surface area contributed by atoms with Crippen molar-refractivity contribution in [2.45, 2.75) is 0 Å². The van der Waals surface area contributed by atoms with Crippen LogP contribution in [0.5, 0.6) is 11.5 Å². The van der Waals surface area contributed by atoms with Gasteiger partial charge in [0.15, 0.2) is 5.75 Å². The molecule has 1 aromatic heterocycles. The van der Waals surface area contributed by atoms with Gasteiger partial charge in [0, 0.05) is 6.07 Å². The molecule has 0 fully saturated rings. The van der Waals surface area contributed by atoms with Gasteiger partial charge < -0.3 is 10.5 Å². The van der Waals surface area contributed by atoms with Crippen molar-refractivity contribution in [1.29, 1.82) is 5.26 Å². The Morgan fingerprint density at radius 1 is 1.22 bits per heavy atom. The van der Waals surface area contributed by atoms with Crippen molar-refractivity contribution in [2.24, 2.45) is 0 Å². The van der Waals surface area contributed by atoms with Crippen molar-refractivity contribution in [1.82, 2.24) is 4.98 Å². The van der Waals surface area contributed by atoms with Gasteiger partial charge in [-0.15, -0.1) is 0 Å². The summed E-state index contributed by atoms with van der Waals surface area (Å²) in [5.74, 6) is 0.843. The predicted molar refractivity (Wildman–Crippen MR) is 69.9 cm³/mol. The van der Waals surface area contributed by atoms with Gasteiger partial charge in [0.2, 0.25) is 0 Å². The number of ether oxygens (including phenoxy) is 1. The van der Waals surface area contributed by atoms with Crippen LogP contribution in [0.25, 0.3) is 0 Å². The number of nitrogens with two attached hydrogens (primary N) is 1. The van der Waals surface area contributed by atoms with Gasteiger partial charge in [-0.05, 0) is 18.2 Å². The summed E-state index contributed by atoms with van der Waals surface area (Å²) in [5, 5.41) is 9.33. The van der Waals surface area contributed by atoms with Gasteiger partial charge >= 0.3 is 0 Å². The topological polar surface area (TPSA) is 71.9 Å². The number of nitrogen functional groups attached to an aromatic ring is 1. The molecule has 0 atom stereocenters. The number of nitriles is 1. The first-order valence-corrected chi connectivity index (χ1v) is 5.64. The number of benzene rings is 1. The minimum Gasteiger partial charge on any atom is -0.454 e. The van der Waals surface area contributed by atoms with Crippen LogP contribution in [0.1, 0.15) is 5.69 Å². The quantitative estimate of drug-likeness (QED) is 0.852. The lowest BCUT2D eigenvalue weighted by molar-refractivity contribution is 0.482. The van der Waals surface area contributed by atoms with E-state index < -0.39 is 0 Å². The summed E-state index contributed by atoms with van der Waals surface area (Å²) in [6.45, 7) is 0. The van der Waals surface area contributed by atoms with Crippen LogP contribution in [-0.2, 0) is 0 Å². The second kappa shape index (κ2) is 5.13. The maximum atomic E-state index is 8.62. The van der Waals surface area contributed by atoms with E-state index in [-0.39, 0.29) is 0 Å². The summed E-state index contributed by atoms with van der Waals surface area (Å²) in [6.07, 6.45) is 1.43. The Balaban J connectivity index is 2.28. The zero-order valence-corrected chi connectivity index (χ0v) is 10.5. The van der Waals surface area contributed by atoms with Crippen molar-refractivity contribution >= 4 is 28.9 Å². The highest BCUT2D eigenvalue weighted by atomic mass is 35.5. The van der Waals surface area contributed by atoms with Crippen molar-refractivity contribution in [3.63, 3.8) is 0 Å². The van der Waals surface area contributed by atoms with E-state index >= 15 is 0 Å². The van der Waals surface area contributed by atoms with Gasteiger partial charge in [0.05, 0.1) is 21.9 Å². The normalized spacial score (nSPS) is 9.83. The lowest BCUT2D eigenvalue weighted by Gasteiger charge is -2.09. The molecule has 0 bridgehead atoms. The third-order valence-corrected chi connectivity index (χ3v) is 2.85. The molecule has 0 spiro atoms. The van der Waals surface area contributed by atoms with E-state index in [1.165, 1.54) is 18.3 Å². The minimum absolute atomic E-state index is 0.310. The molecular weight excluding hydrogens is 273 g/mol. The van der Waals surface area contributed by atoms with E-state index in [2.05, 4.69) is 4.98 Å². The number of hydrogen-bond acceptors (Lipinski definition) is 4. The number of aromatic nitrogens is 1. The minimum atomic E-state index is 0.310. The predicted octanol–water partition coefficient (Wildman–Crippen LogP) is 3.63. The van der Waals surface area contributed by atoms with Gasteiger partial charge in [-0.2, -0.15) is 5.26 Å². The lowest BCUT2D eigenvalue weighted by atomic mass is 10.3. The zero-order valence-electron chi connectivity index (χ0n) is 9.02. The van der Waals surface area contributed by atoms with Gasteiger partial charge in [0.1, 0.15) is 17.5 Å². The van der Waals surface area contributed by atoms with Crippen LogP contribution in [0, 0.1) is 11.3 Å². The van der Waals surface area contributed by atoms with E-state index in [9.17, 15) is 0 Å². The third kappa shape index (κ3) is 2.65. The Bertz CT molecular complexity index is 620. The van der Waals surface area contributed by atoms with E-state index in [4.69, 9.17) is 38.9 Å². The largest absolute Gasteiger partial charge is 0.454 e. The fourth-order valence-electron chi connectivity index (χ4n) is 1.27. The number of anilines is 1. The molecule has 2 N–H and O–H groups in total. The molecule has 18 heavy (non-hydrogen) atoms. The van der Waals surface area contributed by atoms with E-state index in [1.807, 2.05) is 6.07 Å². The van der Waals surface area contributed by atoms with E-state index in [1.54, 1.807) is 12.1 Å². The molecule has 1 heterocycles. The fourth-order valence-corrected chi connectivity index (χ4v) is 1.59. The second-order valence-corrected chi connectivity index (χ2v) is 4.21. The Kier molecular flexibility index (Phi) is 3.56. The second-order valence-electron chi connectivity index (χ2n) is 3.40. The number of pyridine rings is 1. The van der Waals surface area contributed by atoms with Crippen molar-refractivity contribution < 1.29 is 4.74 Å². The van der Waals surface area contributed by atoms with Crippen molar-refractivity contribution in [3.8, 4) is 17.6 Å². The molecule has 0 saturated carbocycles. The van der Waals surface area contributed by atoms with Crippen LogP contribution >= 0.6 is 23.2 Å². The number of nitrogens with zero attached hydrogens (tertiary/aromatic N) is 2. The monoisotopic (exact) mass is 279 g/mol. The van der Waals surface area contributed by atoms with Crippen LogP contribution in [-0.4, -0.2) is 4.98 Å². The van der Waals surface area contributed by atoms with Crippen molar-refractivity contribution in [3.05, 3.63) is 46.2 Å². The molecule has 0 aliphatic carbocycles. The lowest BCUT2D eigenvalue weighted by Crippen LogP contribution is -1.93. The summed E-state index contributed by atoms with van der Waals surface area (Å²) >= 11 is 11.7. The molecule has 0 aliphatic heterocycles. The van der Waals surface area contributed by atoms with Crippen LogP contribution in [0.4, 0.5) is 5.69 Å². The number of rotatable bonds is 2. The van der Waals surface area contributed by atoms with Gasteiger partial charge in [-0.1, -0.05) is 23.2 Å². The maximum absolute atomic E-state index is 8.62. The Labute approximate surface area is 114 Å². The van der Waals surface area contributed by atoms with Gasteiger partial charge in [0.25, 0.3) is 0 Å². The third-order valence-electron chi connectivity index (χ3n) is 2.13. The molecule has 90 valence electrons. The zero-order chi connectivity index (χ0) is 13.1. The molecule has 0 unspecified atom stereocenters. The molecule has 2 rings (SSSR count). The summed E-state index contributed by atoms with van der Waals surface area (Å²) in [7, 11) is 0. The standard InChI is InChI=1S/C12H7Cl2N3O/c13-9-3-11(16)12(4-10(9)14)18-8-2-1-7(5-15)17-6-8/h1-4,6H,16H2. The Morgan fingerprint density at radius 3 is 2.56 bits per heavy atom. The average Bonchev–Trinajstić information content (AvgIpc) is 2.37. The molecule has 2 aromatic rings. The van der Waals surface area contributed by atoms with Crippen LogP contribution in [0.15, 0.2) is 30.5 Å². The maximum Gasteiger partial charge on any atom is 0.151 e. The summed E-state index contributed by atoms with van der Waals surface area (Å²) in [5.41, 5.74) is 6.43. The van der Waals surface area contributed by atoms with Gasteiger partial charge in [-0.3, -0.25) is 0 Å². The molecule has 4 nitrogen and oxygen atoms in total. The highest BCUT2D eigenvalue weighted by Gasteiger charge is 2.07. The molecular formula is C12H7Cl2N3O. The van der Waals surface area contributed by atoms with Crippen LogP contribution < -0.4 is 10.5 Å². The molecule has 1 aromatic carbocycles. The molecule has 0 radical (unpaired) electrons. The molecule has 0 amide bonds. The van der Waals surface area contributed by atoms with Gasteiger partial charge in [-0.25, -0.2) is 4.98 Å². The summed E-state index contributed by atoms with van der Waals surface area (Å²) in [6, 6.07) is 8.11. The summed E-state index contributed by atoms with van der Waals surface area (Å²) < 4.78 is 5.50. The first-order chi connectivity index (χ1) is 8.60. The number of halogens is 2. The highest BCUT2D eigenvalue weighted by Crippen LogP contribution is 2.34. The first kappa shape index (κ1) is 12.5. The SMILES string of the molecule is N#Cc1ccc(Oc2cc(Cl)c(Cl)cc2N)cn1. The average molecular weight is 280 g/mol. The van der Waals surface area contributed by atoms with Crippen molar-refractivity contribution in [2.75, 3.05) is 5.73 Å². The molecule has 6 heteroatoms. The fraction of sp³-hybridized carbons (Fsp3) is 0. The molecule has 0 saturated heterocycles. The van der Waals surface area contributed by atoms with E-state index in [0.717, 1.165) is 0 Å². The van der Waals surface area contributed by atoms with E-state index in [0.29, 0.717) is 32.9 Å². The first-order valence-electron chi connectivity index (χ1n) is 4.88. The van der Waals surface area contributed by atoms with Crippen LogP contribution in [0.3, 0.4) is 0 Å². The number of hydrogen-bond donors (Lipinski definition) is 1. The highest BCUT2D eigenvalue weighted by molar-refractivity contribution is 6.42. The smallest absolute Gasteiger partial charge is 0.151 e. The Morgan fingerprint density at radius 2 is 1.94 bits per heavy atom. The van der Waals surface area contributed by atoms with Crippen LogP contribution in [0.2, 0.25) is 10.0 Å².